The molecule has 5 heteroatoms. The van der Waals surface area contributed by atoms with Crippen LogP contribution in [0.1, 0.15) is 22.5 Å². The number of aryl methyl sites for hydroxylation is 1. The van der Waals surface area contributed by atoms with Crippen molar-refractivity contribution < 1.29 is 18.0 Å². The first kappa shape index (κ1) is 15.6. The van der Waals surface area contributed by atoms with Crippen molar-refractivity contribution in [2.24, 2.45) is 0 Å². The van der Waals surface area contributed by atoms with Crippen LogP contribution in [0.4, 0.5) is 14.5 Å². The third-order valence-electron chi connectivity index (χ3n) is 4.38. The summed E-state index contributed by atoms with van der Waals surface area (Å²) in [6.45, 7) is 0.583. The van der Waals surface area contributed by atoms with Crippen molar-refractivity contribution in [3.63, 3.8) is 0 Å². The number of carbonyl (C=O) groups excluding carboxylic acids is 1. The summed E-state index contributed by atoms with van der Waals surface area (Å²) < 4.78 is 33.3. The number of hydrogen-bond donors (Lipinski definition) is 0. The quantitative estimate of drug-likeness (QED) is 0.671. The van der Waals surface area contributed by atoms with E-state index >= 15 is 0 Å². The Morgan fingerprint density at radius 2 is 1.72 bits per heavy atom. The maximum atomic E-state index is 13.9. The monoisotopic (exact) mass is 339 g/mol. The second-order valence-corrected chi connectivity index (χ2v) is 5.95. The minimum atomic E-state index is -0.725. The SMILES string of the molecule is O=C(c1ccc(-c2c(F)cccc2F)o1)N1CCCc2ccccc21. The van der Waals surface area contributed by atoms with Gasteiger partial charge in [-0.3, -0.25) is 4.79 Å². The number of nitrogens with zero attached hydrogens (tertiary/aromatic N) is 1. The average molecular weight is 339 g/mol. The second kappa shape index (κ2) is 6.16. The Hall–Kier alpha value is -2.95. The molecule has 0 unspecified atom stereocenters. The van der Waals surface area contributed by atoms with E-state index in [1.165, 1.54) is 18.2 Å². The van der Waals surface area contributed by atoms with Gasteiger partial charge in [0.05, 0.1) is 5.56 Å². The molecule has 3 aromatic rings. The number of hydrogen-bond acceptors (Lipinski definition) is 2. The van der Waals surface area contributed by atoms with Crippen LogP contribution in [-0.4, -0.2) is 12.5 Å². The first-order valence-corrected chi connectivity index (χ1v) is 8.09. The van der Waals surface area contributed by atoms with E-state index in [4.69, 9.17) is 4.42 Å². The Morgan fingerprint density at radius 3 is 2.52 bits per heavy atom. The van der Waals surface area contributed by atoms with Gasteiger partial charge in [0.15, 0.2) is 5.76 Å². The van der Waals surface area contributed by atoms with Gasteiger partial charge >= 0.3 is 0 Å². The maximum Gasteiger partial charge on any atom is 0.293 e. The van der Waals surface area contributed by atoms with Crippen molar-refractivity contribution in [3.8, 4) is 11.3 Å². The summed E-state index contributed by atoms with van der Waals surface area (Å²) in [4.78, 5) is 14.5. The van der Waals surface area contributed by atoms with Crippen LogP contribution in [0.2, 0.25) is 0 Å². The van der Waals surface area contributed by atoms with Crippen molar-refractivity contribution in [2.75, 3.05) is 11.4 Å². The molecular formula is C20H15F2NO2. The summed E-state index contributed by atoms with van der Waals surface area (Å²) in [6.07, 6.45) is 1.78. The Labute approximate surface area is 143 Å². The molecule has 0 bridgehead atoms. The zero-order valence-electron chi connectivity index (χ0n) is 13.3. The fourth-order valence-corrected chi connectivity index (χ4v) is 3.20. The number of rotatable bonds is 2. The van der Waals surface area contributed by atoms with E-state index < -0.39 is 11.6 Å². The summed E-state index contributed by atoms with van der Waals surface area (Å²) in [7, 11) is 0. The van der Waals surface area contributed by atoms with Gasteiger partial charge in [0.1, 0.15) is 17.4 Å². The number of carbonyl (C=O) groups is 1. The first-order chi connectivity index (χ1) is 12.1. The van der Waals surface area contributed by atoms with Crippen LogP contribution in [0, 0.1) is 11.6 Å². The highest BCUT2D eigenvalue weighted by Crippen LogP contribution is 2.31. The zero-order chi connectivity index (χ0) is 17.4. The van der Waals surface area contributed by atoms with Crippen LogP contribution in [0.5, 0.6) is 0 Å². The first-order valence-electron chi connectivity index (χ1n) is 8.09. The molecule has 1 aliphatic heterocycles. The standard InChI is InChI=1S/C20H15F2NO2/c21-14-7-3-8-15(22)19(14)17-10-11-18(25-17)20(24)23-12-4-6-13-5-1-2-9-16(13)23/h1-3,5,7-11H,4,6,12H2. The van der Waals surface area contributed by atoms with Crippen LogP contribution in [0.3, 0.4) is 0 Å². The van der Waals surface area contributed by atoms with Gasteiger partial charge in [0, 0.05) is 12.2 Å². The molecule has 1 aliphatic rings. The van der Waals surface area contributed by atoms with Gasteiger partial charge in [-0.15, -0.1) is 0 Å². The average Bonchev–Trinajstić information content (AvgIpc) is 3.10. The van der Waals surface area contributed by atoms with Gasteiger partial charge < -0.3 is 9.32 Å². The van der Waals surface area contributed by atoms with E-state index in [1.807, 2.05) is 24.3 Å². The van der Waals surface area contributed by atoms with Crippen LogP contribution in [0.25, 0.3) is 11.3 Å². The normalized spacial score (nSPS) is 13.6. The Bertz CT molecular complexity index is 928. The minimum Gasteiger partial charge on any atom is -0.451 e. The van der Waals surface area contributed by atoms with E-state index in [0.29, 0.717) is 6.54 Å². The number of fused-ring (bicyclic) bond motifs is 1. The number of halogens is 2. The lowest BCUT2D eigenvalue weighted by Gasteiger charge is -2.28. The van der Waals surface area contributed by atoms with Gasteiger partial charge in [-0.05, 0) is 48.7 Å². The molecule has 1 aromatic heterocycles. The van der Waals surface area contributed by atoms with Crippen molar-refractivity contribution in [3.05, 3.63) is 77.6 Å². The minimum absolute atomic E-state index is 0.00393. The van der Waals surface area contributed by atoms with Crippen LogP contribution >= 0.6 is 0 Å². The van der Waals surface area contributed by atoms with Crippen molar-refractivity contribution in [2.45, 2.75) is 12.8 Å². The molecule has 0 spiro atoms. The smallest absolute Gasteiger partial charge is 0.293 e. The van der Waals surface area contributed by atoms with Gasteiger partial charge in [0.2, 0.25) is 0 Å². The largest absolute Gasteiger partial charge is 0.451 e. The Balaban J connectivity index is 1.69. The van der Waals surface area contributed by atoms with E-state index in [-0.39, 0.29) is 23.0 Å². The summed E-state index contributed by atoms with van der Waals surface area (Å²) in [5, 5.41) is 0. The molecule has 0 N–H and O–H groups in total. The topological polar surface area (TPSA) is 33.5 Å². The lowest BCUT2D eigenvalue weighted by atomic mass is 10.0. The molecule has 0 aliphatic carbocycles. The molecule has 0 radical (unpaired) electrons. The predicted molar refractivity (Wildman–Crippen MR) is 90.5 cm³/mol. The van der Waals surface area contributed by atoms with Gasteiger partial charge in [-0.25, -0.2) is 8.78 Å². The molecule has 2 aromatic carbocycles. The molecule has 126 valence electrons. The lowest BCUT2D eigenvalue weighted by molar-refractivity contribution is 0.0959. The molecule has 0 saturated heterocycles. The van der Waals surface area contributed by atoms with Crippen molar-refractivity contribution >= 4 is 11.6 Å². The predicted octanol–water partition coefficient (Wildman–Crippen LogP) is 4.82. The van der Waals surface area contributed by atoms with Crippen molar-refractivity contribution in [1.29, 1.82) is 0 Å². The number of furan rings is 1. The van der Waals surface area contributed by atoms with E-state index in [1.54, 1.807) is 4.90 Å². The molecule has 4 rings (SSSR count). The lowest BCUT2D eigenvalue weighted by Crippen LogP contribution is -2.35. The third-order valence-corrected chi connectivity index (χ3v) is 4.38. The summed E-state index contributed by atoms with van der Waals surface area (Å²) >= 11 is 0. The van der Waals surface area contributed by atoms with Gasteiger partial charge in [-0.2, -0.15) is 0 Å². The third kappa shape index (κ3) is 2.71. The molecule has 25 heavy (non-hydrogen) atoms. The summed E-state index contributed by atoms with van der Waals surface area (Å²) in [6, 6.07) is 14.2. The van der Waals surface area contributed by atoms with Crippen molar-refractivity contribution in [1.82, 2.24) is 0 Å². The summed E-state index contributed by atoms with van der Waals surface area (Å²) in [5.74, 6) is -1.69. The Morgan fingerprint density at radius 1 is 0.960 bits per heavy atom. The fraction of sp³-hybridized carbons (Fsp3) is 0.150. The molecule has 0 atom stereocenters. The molecular weight excluding hydrogens is 324 g/mol. The van der Waals surface area contributed by atoms with Crippen LogP contribution < -0.4 is 4.90 Å². The van der Waals surface area contributed by atoms with Crippen LogP contribution in [0.15, 0.2) is 59.0 Å². The maximum absolute atomic E-state index is 13.9. The highest BCUT2D eigenvalue weighted by atomic mass is 19.1. The van der Waals surface area contributed by atoms with E-state index in [0.717, 1.165) is 36.2 Å². The molecule has 3 nitrogen and oxygen atoms in total. The molecule has 2 heterocycles. The van der Waals surface area contributed by atoms with Gasteiger partial charge in [-0.1, -0.05) is 24.3 Å². The molecule has 0 saturated carbocycles. The molecule has 0 fully saturated rings. The number of amides is 1. The van der Waals surface area contributed by atoms with E-state index in [9.17, 15) is 13.6 Å². The molecule has 1 amide bonds. The van der Waals surface area contributed by atoms with E-state index in [2.05, 4.69) is 0 Å². The Kier molecular flexibility index (Phi) is 3.84. The fourth-order valence-electron chi connectivity index (χ4n) is 3.20. The summed E-state index contributed by atoms with van der Waals surface area (Å²) in [5.41, 5.74) is 1.70. The number of anilines is 1. The van der Waals surface area contributed by atoms with Gasteiger partial charge in [0.25, 0.3) is 5.91 Å². The zero-order valence-corrected chi connectivity index (χ0v) is 13.3. The number of benzene rings is 2. The number of para-hydroxylation sites is 1. The second-order valence-electron chi connectivity index (χ2n) is 5.95. The highest BCUT2D eigenvalue weighted by Gasteiger charge is 2.26. The highest BCUT2D eigenvalue weighted by molar-refractivity contribution is 6.05. The van der Waals surface area contributed by atoms with Crippen LogP contribution in [-0.2, 0) is 6.42 Å².